The summed E-state index contributed by atoms with van der Waals surface area (Å²) in [4.78, 5) is 27.4. The van der Waals surface area contributed by atoms with Gasteiger partial charge in [0.25, 0.3) is 5.91 Å². The molecule has 0 aromatic heterocycles. The summed E-state index contributed by atoms with van der Waals surface area (Å²) in [6, 6.07) is 19.1. The minimum Gasteiger partial charge on any atom is -0.484 e. The number of carbonyl (C=O) groups excluding carboxylic acids is 2. The minimum absolute atomic E-state index is 0.132. The summed E-state index contributed by atoms with van der Waals surface area (Å²) in [5.74, 6) is -0.622. The van der Waals surface area contributed by atoms with Crippen LogP contribution in [0.4, 0.5) is 4.39 Å². The Bertz CT molecular complexity index is 1190. The van der Waals surface area contributed by atoms with Crippen molar-refractivity contribution in [3.8, 4) is 16.9 Å². The van der Waals surface area contributed by atoms with Crippen molar-refractivity contribution in [3.63, 3.8) is 0 Å². The van der Waals surface area contributed by atoms with Crippen molar-refractivity contribution in [1.82, 2.24) is 15.5 Å². The molecule has 34 heavy (non-hydrogen) atoms. The minimum atomic E-state index is -0.581. The predicted molar refractivity (Wildman–Crippen MR) is 129 cm³/mol. The smallest absolute Gasteiger partial charge is 0.251 e. The number of amides is 2. The maximum Gasteiger partial charge on any atom is 0.251 e. The Hall–Kier alpha value is -3.71. The zero-order valence-corrected chi connectivity index (χ0v) is 19.5. The summed E-state index contributed by atoms with van der Waals surface area (Å²) >= 11 is 0. The highest BCUT2D eigenvalue weighted by atomic mass is 19.1. The van der Waals surface area contributed by atoms with Crippen LogP contribution in [-0.4, -0.2) is 50.9 Å². The lowest BCUT2D eigenvalue weighted by atomic mass is 9.88. The monoisotopic (exact) mass is 461 g/mol. The molecular formula is C27H28FN3O3. The average molecular weight is 462 g/mol. The quantitative estimate of drug-likeness (QED) is 0.562. The summed E-state index contributed by atoms with van der Waals surface area (Å²) < 4.78 is 19.6. The van der Waals surface area contributed by atoms with Gasteiger partial charge in [-0.1, -0.05) is 30.3 Å². The molecule has 0 radical (unpaired) electrons. The van der Waals surface area contributed by atoms with Crippen molar-refractivity contribution in [2.24, 2.45) is 0 Å². The van der Waals surface area contributed by atoms with Gasteiger partial charge >= 0.3 is 0 Å². The van der Waals surface area contributed by atoms with Gasteiger partial charge in [-0.15, -0.1) is 0 Å². The first-order valence-corrected chi connectivity index (χ1v) is 11.2. The number of ether oxygens (including phenoxy) is 1. The van der Waals surface area contributed by atoms with Crippen molar-refractivity contribution < 1.29 is 18.7 Å². The van der Waals surface area contributed by atoms with E-state index in [2.05, 4.69) is 10.6 Å². The van der Waals surface area contributed by atoms with Crippen LogP contribution in [0.25, 0.3) is 11.1 Å². The highest BCUT2D eigenvalue weighted by molar-refractivity contribution is 5.95. The maximum atomic E-state index is 13.4. The van der Waals surface area contributed by atoms with E-state index in [0.717, 1.165) is 28.8 Å². The lowest BCUT2D eigenvalue weighted by Crippen LogP contribution is -2.31. The van der Waals surface area contributed by atoms with Crippen LogP contribution in [0.1, 0.15) is 33.5 Å². The number of hydrogen-bond acceptors (Lipinski definition) is 4. The molecule has 0 spiro atoms. The molecule has 3 aromatic carbocycles. The molecule has 0 saturated heterocycles. The van der Waals surface area contributed by atoms with E-state index in [9.17, 15) is 14.0 Å². The number of hydrogen-bond donors (Lipinski definition) is 2. The summed E-state index contributed by atoms with van der Waals surface area (Å²) in [5, 5.41) is 5.65. The van der Waals surface area contributed by atoms with Gasteiger partial charge in [0, 0.05) is 31.3 Å². The fourth-order valence-electron chi connectivity index (χ4n) is 4.13. The summed E-state index contributed by atoms with van der Waals surface area (Å²) in [6.07, 6.45) is -0.556. The Labute approximate surface area is 198 Å². The number of nitrogens with one attached hydrogen (secondary N) is 2. The Morgan fingerprint density at radius 2 is 1.74 bits per heavy atom. The van der Waals surface area contributed by atoms with Crippen LogP contribution in [0.3, 0.4) is 0 Å². The molecule has 2 N–H and O–H groups in total. The zero-order valence-electron chi connectivity index (χ0n) is 19.5. The molecule has 1 heterocycles. The molecule has 6 nitrogen and oxygen atoms in total. The largest absolute Gasteiger partial charge is 0.484 e. The summed E-state index contributed by atoms with van der Waals surface area (Å²) in [6.45, 7) is 1.32. The van der Waals surface area contributed by atoms with Crippen molar-refractivity contribution in [2.45, 2.75) is 12.0 Å². The van der Waals surface area contributed by atoms with Crippen LogP contribution in [0.15, 0.2) is 66.7 Å². The molecule has 4 rings (SSSR count). The topological polar surface area (TPSA) is 70.7 Å². The Balaban J connectivity index is 1.63. The fraction of sp³-hybridized carbons (Fsp3) is 0.259. The number of nitrogens with zero attached hydrogens (tertiary/aromatic N) is 1. The lowest BCUT2D eigenvalue weighted by Gasteiger charge is -2.18. The van der Waals surface area contributed by atoms with Crippen LogP contribution in [-0.2, 0) is 4.79 Å². The highest BCUT2D eigenvalue weighted by Crippen LogP contribution is 2.47. The van der Waals surface area contributed by atoms with Crippen molar-refractivity contribution in [3.05, 3.63) is 89.2 Å². The van der Waals surface area contributed by atoms with Gasteiger partial charge in [0.15, 0.2) is 0 Å². The molecule has 1 aliphatic heterocycles. The Kier molecular flexibility index (Phi) is 6.93. The fourth-order valence-corrected chi connectivity index (χ4v) is 4.13. The number of fused-ring (bicyclic) bond motifs is 1. The molecule has 2 unspecified atom stereocenters. The van der Waals surface area contributed by atoms with E-state index in [1.54, 1.807) is 25.2 Å². The third kappa shape index (κ3) is 4.94. The first-order valence-electron chi connectivity index (χ1n) is 11.2. The van der Waals surface area contributed by atoms with Gasteiger partial charge in [0.1, 0.15) is 23.6 Å². The normalized spacial score (nSPS) is 16.6. The molecule has 2 atom stereocenters. The van der Waals surface area contributed by atoms with Gasteiger partial charge in [-0.3, -0.25) is 9.59 Å². The molecule has 0 saturated carbocycles. The molecule has 2 amide bonds. The average Bonchev–Trinajstić information content (AvgIpc) is 3.22. The van der Waals surface area contributed by atoms with E-state index in [1.165, 1.54) is 12.1 Å². The van der Waals surface area contributed by atoms with Gasteiger partial charge < -0.3 is 20.3 Å². The molecule has 0 aliphatic carbocycles. The molecular weight excluding hydrogens is 433 g/mol. The van der Waals surface area contributed by atoms with Gasteiger partial charge in [-0.05, 0) is 67.2 Å². The van der Waals surface area contributed by atoms with Crippen molar-refractivity contribution in [2.75, 3.05) is 34.2 Å². The standard InChI is InChI=1S/C27H28FN3O3/c1-29-27(33)24-22-16-19(9-12-23(22)34-25(24)17-7-10-21(28)11-8-17)18-5-4-6-20(15-18)26(32)30-13-14-31(2)3/h4-12,15-16,24-25H,13-14H2,1-3H3,(H,29,33)(H,30,32). The molecule has 7 heteroatoms. The van der Waals surface area contributed by atoms with E-state index in [-0.39, 0.29) is 17.6 Å². The second-order valence-electron chi connectivity index (χ2n) is 8.57. The van der Waals surface area contributed by atoms with E-state index < -0.39 is 12.0 Å². The number of rotatable bonds is 7. The van der Waals surface area contributed by atoms with E-state index >= 15 is 0 Å². The number of likely N-dealkylation sites (N-methyl/N-ethyl adjacent to an activating group) is 2. The number of benzene rings is 3. The van der Waals surface area contributed by atoms with Gasteiger partial charge in [-0.2, -0.15) is 0 Å². The second-order valence-corrected chi connectivity index (χ2v) is 8.57. The Morgan fingerprint density at radius 3 is 2.44 bits per heavy atom. The van der Waals surface area contributed by atoms with Crippen LogP contribution in [0.2, 0.25) is 0 Å². The maximum absolute atomic E-state index is 13.4. The first-order chi connectivity index (χ1) is 16.4. The highest BCUT2D eigenvalue weighted by Gasteiger charge is 2.40. The SMILES string of the molecule is CNC(=O)C1c2cc(-c3cccc(C(=O)NCCN(C)C)c3)ccc2OC1c1ccc(F)cc1. The summed E-state index contributed by atoms with van der Waals surface area (Å²) in [5.41, 5.74) is 3.79. The molecule has 1 aliphatic rings. The van der Waals surface area contributed by atoms with Crippen molar-refractivity contribution in [1.29, 1.82) is 0 Å². The molecule has 176 valence electrons. The second kappa shape index (κ2) is 10.1. The van der Waals surface area contributed by atoms with Crippen LogP contribution < -0.4 is 15.4 Å². The van der Waals surface area contributed by atoms with Gasteiger partial charge in [-0.25, -0.2) is 4.39 Å². The molecule has 0 fully saturated rings. The van der Waals surface area contributed by atoms with E-state index in [0.29, 0.717) is 17.9 Å². The van der Waals surface area contributed by atoms with Crippen LogP contribution in [0.5, 0.6) is 5.75 Å². The van der Waals surface area contributed by atoms with Crippen LogP contribution in [0, 0.1) is 5.82 Å². The Morgan fingerprint density at radius 1 is 1.00 bits per heavy atom. The third-order valence-corrected chi connectivity index (χ3v) is 5.93. The molecule has 3 aromatic rings. The van der Waals surface area contributed by atoms with Crippen molar-refractivity contribution >= 4 is 11.8 Å². The summed E-state index contributed by atoms with van der Waals surface area (Å²) in [7, 11) is 5.50. The predicted octanol–water partition coefficient (Wildman–Crippen LogP) is 3.75. The van der Waals surface area contributed by atoms with Gasteiger partial charge in [0.05, 0.1) is 0 Å². The number of halogens is 1. The van der Waals surface area contributed by atoms with Crippen LogP contribution >= 0.6 is 0 Å². The van der Waals surface area contributed by atoms with E-state index in [1.807, 2.05) is 55.4 Å². The van der Waals surface area contributed by atoms with E-state index in [4.69, 9.17) is 4.74 Å². The zero-order chi connectivity index (χ0) is 24.2. The molecule has 0 bridgehead atoms. The first kappa shape index (κ1) is 23.4. The lowest BCUT2D eigenvalue weighted by molar-refractivity contribution is -0.123. The third-order valence-electron chi connectivity index (χ3n) is 5.93. The van der Waals surface area contributed by atoms with Gasteiger partial charge in [0.2, 0.25) is 5.91 Å². The number of carbonyl (C=O) groups is 2.